The van der Waals surface area contributed by atoms with Gasteiger partial charge in [0, 0.05) is 10.7 Å². The lowest BCUT2D eigenvalue weighted by Crippen LogP contribution is -2.07. The van der Waals surface area contributed by atoms with Crippen molar-refractivity contribution in [2.45, 2.75) is 19.8 Å². The Morgan fingerprint density at radius 3 is 3.24 bits per heavy atom. The van der Waals surface area contributed by atoms with Crippen LogP contribution in [0.15, 0.2) is 16.9 Å². The fourth-order valence-corrected chi connectivity index (χ4v) is 2.08. The second-order valence-corrected chi connectivity index (χ2v) is 4.64. The average molecular weight is 297 g/mol. The summed E-state index contributed by atoms with van der Waals surface area (Å²) in [5.41, 5.74) is 1.13. The molecule has 0 fully saturated rings. The second kappa shape index (κ2) is 5.31. The zero-order valence-electron chi connectivity index (χ0n) is 9.52. The number of halogens is 1. The van der Waals surface area contributed by atoms with Crippen LogP contribution >= 0.6 is 15.9 Å². The van der Waals surface area contributed by atoms with Crippen molar-refractivity contribution in [1.82, 2.24) is 9.55 Å². The van der Waals surface area contributed by atoms with Crippen LogP contribution < -0.4 is 0 Å². The maximum atomic E-state index is 11.7. The lowest BCUT2D eigenvalue weighted by molar-refractivity contribution is 0.0520. The van der Waals surface area contributed by atoms with E-state index in [0.717, 1.165) is 23.0 Å². The zero-order valence-corrected chi connectivity index (χ0v) is 11.1. The Morgan fingerprint density at radius 2 is 2.47 bits per heavy atom. The van der Waals surface area contributed by atoms with Crippen molar-refractivity contribution in [3.63, 3.8) is 0 Å². The van der Waals surface area contributed by atoms with Gasteiger partial charge in [-0.2, -0.15) is 0 Å². The Kier molecular flexibility index (Phi) is 3.78. The molecular weight excluding hydrogens is 284 g/mol. The van der Waals surface area contributed by atoms with E-state index in [0.29, 0.717) is 12.3 Å². The lowest BCUT2D eigenvalue weighted by atomic mass is 10.2. The van der Waals surface area contributed by atoms with E-state index in [1.54, 1.807) is 13.3 Å². The number of nitrogens with zero attached hydrogens (tertiary/aromatic N) is 2. The van der Waals surface area contributed by atoms with Gasteiger partial charge in [0.1, 0.15) is 6.33 Å². The lowest BCUT2D eigenvalue weighted by Gasteiger charge is -2.06. The van der Waals surface area contributed by atoms with Gasteiger partial charge in [0.25, 0.3) is 0 Å². The predicted octanol–water partition coefficient (Wildman–Crippen LogP) is 3.06. The minimum Gasteiger partial charge on any atom is -0.461 e. The van der Waals surface area contributed by atoms with Crippen LogP contribution in [0.25, 0.3) is 12.3 Å². The van der Waals surface area contributed by atoms with E-state index >= 15 is 0 Å². The van der Waals surface area contributed by atoms with E-state index in [1.165, 1.54) is 0 Å². The first-order valence-corrected chi connectivity index (χ1v) is 6.28. The van der Waals surface area contributed by atoms with E-state index in [1.807, 2.05) is 22.9 Å². The first kappa shape index (κ1) is 12.1. The Balaban J connectivity index is 2.41. The maximum Gasteiger partial charge on any atom is 0.359 e. The Labute approximate surface area is 108 Å². The molecule has 0 saturated heterocycles. The standard InChI is InChI=1S/C12H13BrN2O2/c1-2-17-12(16)11-10-6-4-3-5-9(13)7-15(10)8-14-11/h4,6-8H,2-3,5H2,1H3/b6-4-,9-7?. The molecule has 1 aromatic rings. The van der Waals surface area contributed by atoms with E-state index in [9.17, 15) is 4.79 Å². The SMILES string of the molecule is CCOC(=O)c1ncn2c1/C=C\CCC(Br)=C2. The predicted molar refractivity (Wildman–Crippen MR) is 69.7 cm³/mol. The molecule has 0 amide bonds. The molecule has 0 aromatic carbocycles. The normalized spacial score (nSPS) is 16.5. The summed E-state index contributed by atoms with van der Waals surface area (Å²) >= 11 is 3.48. The maximum absolute atomic E-state index is 11.7. The second-order valence-electron chi connectivity index (χ2n) is 3.62. The molecule has 17 heavy (non-hydrogen) atoms. The van der Waals surface area contributed by atoms with Gasteiger partial charge in [-0.15, -0.1) is 0 Å². The molecule has 0 aliphatic carbocycles. The van der Waals surface area contributed by atoms with Gasteiger partial charge >= 0.3 is 5.97 Å². The van der Waals surface area contributed by atoms with Crippen LogP contribution in [0.1, 0.15) is 35.9 Å². The number of hydrogen-bond acceptors (Lipinski definition) is 3. The number of hydrogen-bond donors (Lipinski definition) is 0. The number of aromatic nitrogens is 2. The third kappa shape index (κ3) is 2.66. The highest BCUT2D eigenvalue weighted by molar-refractivity contribution is 9.11. The topological polar surface area (TPSA) is 44.1 Å². The summed E-state index contributed by atoms with van der Waals surface area (Å²) in [4.78, 5) is 15.8. The minimum atomic E-state index is -0.379. The van der Waals surface area contributed by atoms with Gasteiger partial charge in [-0.05, 0) is 25.8 Å². The summed E-state index contributed by atoms with van der Waals surface area (Å²) in [6.45, 7) is 2.14. The highest BCUT2D eigenvalue weighted by Crippen LogP contribution is 2.21. The summed E-state index contributed by atoms with van der Waals surface area (Å²) in [6, 6.07) is 0. The highest BCUT2D eigenvalue weighted by atomic mass is 79.9. The van der Waals surface area contributed by atoms with Gasteiger partial charge in [-0.3, -0.25) is 0 Å². The van der Waals surface area contributed by atoms with Gasteiger partial charge in [-0.25, -0.2) is 9.78 Å². The van der Waals surface area contributed by atoms with Crippen molar-refractivity contribution in [3.05, 3.63) is 28.3 Å². The van der Waals surface area contributed by atoms with Gasteiger partial charge in [0.15, 0.2) is 5.69 Å². The van der Waals surface area contributed by atoms with E-state index in [2.05, 4.69) is 20.9 Å². The highest BCUT2D eigenvalue weighted by Gasteiger charge is 2.17. The quantitative estimate of drug-likeness (QED) is 0.788. The van der Waals surface area contributed by atoms with E-state index < -0.39 is 0 Å². The van der Waals surface area contributed by atoms with Crippen LogP contribution in [0, 0.1) is 0 Å². The molecule has 5 heteroatoms. The molecule has 0 atom stereocenters. The molecule has 1 aromatic heterocycles. The summed E-state index contributed by atoms with van der Waals surface area (Å²) in [6.07, 6.45) is 9.38. The molecule has 0 saturated carbocycles. The summed E-state index contributed by atoms with van der Waals surface area (Å²) < 4.78 is 7.88. The molecule has 0 unspecified atom stereocenters. The Hall–Kier alpha value is -1.36. The molecule has 1 aliphatic heterocycles. The molecule has 90 valence electrons. The third-order valence-corrected chi connectivity index (χ3v) is 3.01. The summed E-state index contributed by atoms with van der Waals surface area (Å²) in [5, 5.41) is 0. The minimum absolute atomic E-state index is 0.356. The summed E-state index contributed by atoms with van der Waals surface area (Å²) in [7, 11) is 0. The van der Waals surface area contributed by atoms with Crippen molar-refractivity contribution in [3.8, 4) is 0 Å². The van der Waals surface area contributed by atoms with Crippen LogP contribution in [0.3, 0.4) is 0 Å². The van der Waals surface area contributed by atoms with E-state index in [-0.39, 0.29) is 5.97 Å². The van der Waals surface area contributed by atoms with Gasteiger partial charge < -0.3 is 9.30 Å². The fraction of sp³-hybridized carbons (Fsp3) is 0.333. The number of carbonyl (C=O) groups is 1. The first-order chi connectivity index (χ1) is 8.22. The van der Waals surface area contributed by atoms with Gasteiger partial charge in [0.2, 0.25) is 0 Å². The van der Waals surface area contributed by atoms with Crippen LogP contribution in [0.2, 0.25) is 0 Å². The van der Waals surface area contributed by atoms with Crippen molar-refractivity contribution < 1.29 is 9.53 Å². The van der Waals surface area contributed by atoms with Crippen LogP contribution in [-0.4, -0.2) is 22.1 Å². The van der Waals surface area contributed by atoms with Gasteiger partial charge in [0.05, 0.1) is 12.3 Å². The number of imidazole rings is 1. The van der Waals surface area contributed by atoms with Crippen LogP contribution in [-0.2, 0) is 4.74 Å². The van der Waals surface area contributed by atoms with Crippen molar-refractivity contribution in [2.75, 3.05) is 6.61 Å². The molecule has 0 N–H and O–H groups in total. The average Bonchev–Trinajstić information content (AvgIpc) is 2.64. The molecule has 0 radical (unpaired) electrons. The third-order valence-electron chi connectivity index (χ3n) is 2.41. The molecule has 2 rings (SSSR count). The number of carbonyl (C=O) groups excluding carboxylic acids is 1. The number of esters is 1. The number of allylic oxidation sites excluding steroid dienone is 2. The Morgan fingerprint density at radius 1 is 1.65 bits per heavy atom. The first-order valence-electron chi connectivity index (χ1n) is 5.49. The smallest absolute Gasteiger partial charge is 0.359 e. The van der Waals surface area contributed by atoms with Crippen molar-refractivity contribution >= 4 is 34.2 Å². The molecule has 0 bridgehead atoms. The number of rotatable bonds is 2. The number of fused-ring (bicyclic) bond motifs is 1. The zero-order chi connectivity index (χ0) is 12.3. The Bertz CT molecular complexity index is 489. The largest absolute Gasteiger partial charge is 0.461 e. The van der Waals surface area contributed by atoms with Crippen LogP contribution in [0.5, 0.6) is 0 Å². The molecular formula is C12H13BrN2O2. The molecule has 4 nitrogen and oxygen atoms in total. The van der Waals surface area contributed by atoms with Crippen LogP contribution in [0.4, 0.5) is 0 Å². The monoisotopic (exact) mass is 296 g/mol. The summed E-state index contributed by atoms with van der Waals surface area (Å²) in [5.74, 6) is -0.379. The van der Waals surface area contributed by atoms with Crippen molar-refractivity contribution in [2.24, 2.45) is 0 Å². The van der Waals surface area contributed by atoms with Gasteiger partial charge in [-0.1, -0.05) is 22.0 Å². The fourth-order valence-electron chi connectivity index (χ4n) is 1.63. The molecule has 1 aliphatic rings. The van der Waals surface area contributed by atoms with E-state index in [4.69, 9.17) is 4.74 Å². The molecule has 0 spiro atoms. The van der Waals surface area contributed by atoms with Crippen molar-refractivity contribution in [1.29, 1.82) is 0 Å². The molecule has 2 heterocycles. The number of ether oxygens (including phenoxy) is 1.